The summed E-state index contributed by atoms with van der Waals surface area (Å²) < 4.78 is 32.0. The molecule has 1 saturated heterocycles. The minimum Gasteiger partial charge on any atom is -0.374 e. The molecular formula is C13H16ClN3O3S. The van der Waals surface area contributed by atoms with E-state index in [-0.39, 0.29) is 40.7 Å². The maximum atomic E-state index is 12.6. The fourth-order valence-corrected chi connectivity index (χ4v) is 3.83. The molecule has 0 radical (unpaired) electrons. The highest BCUT2D eigenvalue weighted by Crippen LogP contribution is 2.24. The zero-order valence-electron chi connectivity index (χ0n) is 11.5. The molecule has 8 heteroatoms. The van der Waals surface area contributed by atoms with Gasteiger partial charge in [-0.2, -0.15) is 9.57 Å². The zero-order chi connectivity index (χ0) is 15.6. The summed E-state index contributed by atoms with van der Waals surface area (Å²) in [4.78, 5) is 0.0665. The van der Waals surface area contributed by atoms with Crippen molar-refractivity contribution in [1.82, 2.24) is 4.31 Å². The van der Waals surface area contributed by atoms with Crippen LogP contribution in [0.15, 0.2) is 23.1 Å². The van der Waals surface area contributed by atoms with Gasteiger partial charge in [0.1, 0.15) is 6.07 Å². The SMILES string of the molecule is CC(N)C1CN(S(=O)(=O)c2ccc(C#N)c(Cl)c2)CCO1. The van der Waals surface area contributed by atoms with Gasteiger partial charge >= 0.3 is 0 Å². The molecule has 114 valence electrons. The molecule has 2 N–H and O–H groups in total. The van der Waals surface area contributed by atoms with Crippen molar-refractivity contribution in [2.45, 2.75) is 24.0 Å². The Morgan fingerprint density at radius 1 is 1.57 bits per heavy atom. The predicted molar refractivity (Wildman–Crippen MR) is 78.3 cm³/mol. The number of nitrogens with zero attached hydrogens (tertiary/aromatic N) is 2. The number of rotatable bonds is 3. The molecular weight excluding hydrogens is 314 g/mol. The van der Waals surface area contributed by atoms with Crippen LogP contribution in [0.4, 0.5) is 0 Å². The van der Waals surface area contributed by atoms with Gasteiger partial charge in [0, 0.05) is 19.1 Å². The molecule has 1 aliphatic heterocycles. The summed E-state index contributed by atoms with van der Waals surface area (Å²) in [6.07, 6.45) is -0.331. The molecule has 1 fully saturated rings. The molecule has 0 aliphatic carbocycles. The molecule has 1 aliphatic rings. The third-order valence-electron chi connectivity index (χ3n) is 3.34. The summed E-state index contributed by atoms with van der Waals surface area (Å²) in [5.74, 6) is 0. The Balaban J connectivity index is 2.29. The monoisotopic (exact) mass is 329 g/mol. The highest BCUT2D eigenvalue weighted by atomic mass is 35.5. The highest BCUT2D eigenvalue weighted by molar-refractivity contribution is 7.89. The molecule has 1 aromatic rings. The Labute approximate surface area is 129 Å². The summed E-state index contributed by atoms with van der Waals surface area (Å²) in [5.41, 5.74) is 6.01. The van der Waals surface area contributed by atoms with Crippen LogP contribution in [0.25, 0.3) is 0 Å². The van der Waals surface area contributed by atoms with E-state index in [1.54, 1.807) is 6.92 Å². The van der Waals surface area contributed by atoms with Crippen LogP contribution in [0.3, 0.4) is 0 Å². The van der Waals surface area contributed by atoms with Crippen LogP contribution in [0.1, 0.15) is 12.5 Å². The first-order valence-corrected chi connectivity index (χ1v) is 8.25. The van der Waals surface area contributed by atoms with Gasteiger partial charge in [-0.05, 0) is 25.1 Å². The first kappa shape index (κ1) is 16.2. The van der Waals surface area contributed by atoms with Crippen molar-refractivity contribution in [2.24, 2.45) is 5.73 Å². The molecule has 0 spiro atoms. The van der Waals surface area contributed by atoms with Crippen molar-refractivity contribution in [3.63, 3.8) is 0 Å². The van der Waals surface area contributed by atoms with Crippen LogP contribution in [0.5, 0.6) is 0 Å². The number of nitriles is 1. The maximum Gasteiger partial charge on any atom is 0.243 e. The van der Waals surface area contributed by atoms with E-state index in [1.807, 2.05) is 6.07 Å². The molecule has 1 heterocycles. The topological polar surface area (TPSA) is 96.4 Å². The van der Waals surface area contributed by atoms with Crippen LogP contribution < -0.4 is 5.73 Å². The second-order valence-corrected chi connectivity index (χ2v) is 7.23. The largest absolute Gasteiger partial charge is 0.374 e. The third-order valence-corrected chi connectivity index (χ3v) is 5.52. The van der Waals surface area contributed by atoms with E-state index in [0.717, 1.165) is 0 Å². The Bertz CT molecular complexity index is 670. The number of halogens is 1. The van der Waals surface area contributed by atoms with Crippen LogP contribution >= 0.6 is 11.6 Å². The van der Waals surface area contributed by atoms with Crippen molar-refractivity contribution < 1.29 is 13.2 Å². The van der Waals surface area contributed by atoms with Gasteiger partial charge in [-0.1, -0.05) is 11.6 Å². The van der Waals surface area contributed by atoms with Gasteiger partial charge in [-0.25, -0.2) is 8.42 Å². The van der Waals surface area contributed by atoms with Crippen molar-refractivity contribution in [2.75, 3.05) is 19.7 Å². The van der Waals surface area contributed by atoms with Crippen molar-refractivity contribution in [3.05, 3.63) is 28.8 Å². The lowest BCUT2D eigenvalue weighted by Gasteiger charge is -2.33. The fraction of sp³-hybridized carbons (Fsp3) is 0.462. The Hall–Kier alpha value is -1.17. The first-order valence-electron chi connectivity index (χ1n) is 6.43. The smallest absolute Gasteiger partial charge is 0.243 e. The summed E-state index contributed by atoms with van der Waals surface area (Å²) in [7, 11) is -3.67. The van der Waals surface area contributed by atoms with E-state index in [2.05, 4.69) is 0 Å². The van der Waals surface area contributed by atoms with E-state index >= 15 is 0 Å². The quantitative estimate of drug-likeness (QED) is 0.890. The minimum absolute atomic E-state index is 0.0665. The average Bonchev–Trinajstić information content (AvgIpc) is 2.47. The maximum absolute atomic E-state index is 12.6. The second kappa shape index (κ2) is 6.30. The standard InChI is InChI=1S/C13H16ClN3O3S/c1-9(16)13-8-17(4-5-20-13)21(18,19)11-3-2-10(7-15)12(14)6-11/h2-3,6,9,13H,4-5,8,16H2,1H3. The number of benzene rings is 1. The number of sulfonamides is 1. The number of nitrogens with two attached hydrogens (primary N) is 1. The molecule has 2 unspecified atom stereocenters. The molecule has 1 aromatic carbocycles. The summed E-state index contributed by atoms with van der Waals surface area (Å²) in [6.45, 7) is 2.55. The first-order chi connectivity index (χ1) is 9.86. The molecule has 2 atom stereocenters. The molecule has 2 rings (SSSR count). The summed E-state index contributed by atoms with van der Waals surface area (Å²) in [6, 6.07) is 5.73. The van der Waals surface area contributed by atoms with Gasteiger partial charge in [0.15, 0.2) is 0 Å². The zero-order valence-corrected chi connectivity index (χ0v) is 13.1. The summed E-state index contributed by atoms with van der Waals surface area (Å²) >= 11 is 5.90. The predicted octanol–water partition coefficient (Wildman–Crippen LogP) is 0.948. The normalized spacial score (nSPS) is 21.7. The van der Waals surface area contributed by atoms with Gasteiger partial charge in [0.2, 0.25) is 10.0 Å². The van der Waals surface area contributed by atoms with Gasteiger partial charge < -0.3 is 10.5 Å². The third kappa shape index (κ3) is 3.36. The van der Waals surface area contributed by atoms with Gasteiger partial charge in [-0.3, -0.25) is 0 Å². The molecule has 0 bridgehead atoms. The van der Waals surface area contributed by atoms with Crippen molar-refractivity contribution in [1.29, 1.82) is 5.26 Å². The number of morpholine rings is 1. The number of hydrogen-bond acceptors (Lipinski definition) is 5. The van der Waals surface area contributed by atoms with Crippen molar-refractivity contribution in [3.8, 4) is 6.07 Å². The average molecular weight is 330 g/mol. The second-order valence-electron chi connectivity index (χ2n) is 4.88. The molecule has 0 saturated carbocycles. The van der Waals surface area contributed by atoms with E-state index < -0.39 is 10.0 Å². The molecule has 0 aromatic heterocycles. The van der Waals surface area contributed by atoms with Crippen LogP contribution in [-0.4, -0.2) is 44.6 Å². The molecule has 6 nitrogen and oxygen atoms in total. The molecule has 21 heavy (non-hydrogen) atoms. The van der Waals surface area contributed by atoms with E-state index in [0.29, 0.717) is 6.61 Å². The molecule has 0 amide bonds. The van der Waals surface area contributed by atoms with E-state index in [9.17, 15) is 8.42 Å². The fourth-order valence-electron chi connectivity index (χ4n) is 2.08. The highest BCUT2D eigenvalue weighted by Gasteiger charge is 2.32. The Kier molecular flexibility index (Phi) is 4.86. The minimum atomic E-state index is -3.67. The van der Waals surface area contributed by atoms with Gasteiger partial charge in [0.25, 0.3) is 0 Å². The van der Waals surface area contributed by atoms with Gasteiger partial charge in [0.05, 0.1) is 28.2 Å². The number of ether oxygens (including phenoxy) is 1. The lowest BCUT2D eigenvalue weighted by molar-refractivity contribution is -0.0120. The lowest BCUT2D eigenvalue weighted by atomic mass is 10.2. The van der Waals surface area contributed by atoms with E-state index in [1.165, 1.54) is 22.5 Å². The number of hydrogen-bond donors (Lipinski definition) is 1. The Morgan fingerprint density at radius 3 is 2.86 bits per heavy atom. The van der Waals surface area contributed by atoms with E-state index in [4.69, 9.17) is 27.3 Å². The van der Waals surface area contributed by atoms with Crippen LogP contribution in [-0.2, 0) is 14.8 Å². The Morgan fingerprint density at radius 2 is 2.29 bits per heavy atom. The lowest BCUT2D eigenvalue weighted by Crippen LogP contribution is -2.51. The van der Waals surface area contributed by atoms with Gasteiger partial charge in [-0.15, -0.1) is 0 Å². The van der Waals surface area contributed by atoms with Crippen molar-refractivity contribution >= 4 is 21.6 Å². The van der Waals surface area contributed by atoms with Crippen LogP contribution in [0, 0.1) is 11.3 Å². The van der Waals surface area contributed by atoms with Crippen LogP contribution in [0.2, 0.25) is 5.02 Å². The summed E-state index contributed by atoms with van der Waals surface area (Å²) in [5, 5.41) is 8.95.